The molecule has 0 aromatic rings. The lowest BCUT2D eigenvalue weighted by molar-refractivity contribution is 0.0462. The molecule has 2 N–H and O–H groups in total. The third-order valence-corrected chi connectivity index (χ3v) is 3.49. The smallest absolute Gasteiger partial charge is 0.0170 e. The second kappa shape index (κ2) is 2.71. The summed E-state index contributed by atoms with van der Waals surface area (Å²) in [7, 11) is 0. The summed E-state index contributed by atoms with van der Waals surface area (Å²) >= 11 is 0. The predicted molar refractivity (Wildman–Crippen MR) is 51.0 cm³/mol. The summed E-state index contributed by atoms with van der Waals surface area (Å²) < 4.78 is 0. The van der Waals surface area contributed by atoms with Crippen LogP contribution in [0.5, 0.6) is 0 Å². The van der Waals surface area contributed by atoms with Crippen molar-refractivity contribution in [1.29, 1.82) is 0 Å². The van der Waals surface area contributed by atoms with Gasteiger partial charge in [-0.25, -0.2) is 0 Å². The van der Waals surface area contributed by atoms with E-state index in [-0.39, 0.29) is 0 Å². The van der Waals surface area contributed by atoms with Crippen molar-refractivity contribution in [3.05, 3.63) is 0 Å². The van der Waals surface area contributed by atoms with Gasteiger partial charge in [-0.2, -0.15) is 0 Å². The Bertz CT molecular complexity index is 177. The first kappa shape index (κ1) is 8.52. The van der Waals surface area contributed by atoms with Crippen LogP contribution in [0.15, 0.2) is 0 Å². The number of hydrogen-bond donors (Lipinski definition) is 1. The first-order valence-corrected chi connectivity index (χ1v) is 5.12. The minimum atomic E-state index is 0.360. The Morgan fingerprint density at radius 1 is 1.42 bits per heavy atom. The second-order valence-electron chi connectivity index (χ2n) is 5.00. The van der Waals surface area contributed by atoms with Crippen LogP contribution in [0.1, 0.15) is 39.5 Å². The van der Waals surface area contributed by atoms with Crippen LogP contribution >= 0.6 is 0 Å². The van der Waals surface area contributed by atoms with Gasteiger partial charge in [0.05, 0.1) is 0 Å². The van der Waals surface area contributed by atoms with E-state index in [1.165, 1.54) is 32.2 Å². The second-order valence-corrected chi connectivity index (χ2v) is 5.00. The molecule has 0 bridgehead atoms. The first-order valence-electron chi connectivity index (χ1n) is 5.12. The monoisotopic (exact) mass is 168 g/mol. The molecule has 0 aromatic heterocycles. The fourth-order valence-corrected chi connectivity index (χ4v) is 3.07. The van der Waals surface area contributed by atoms with Gasteiger partial charge in [0.1, 0.15) is 0 Å². The Balaban J connectivity index is 2.15. The molecule has 0 unspecified atom stereocenters. The molecular weight excluding hydrogens is 148 g/mol. The van der Waals surface area contributed by atoms with Gasteiger partial charge >= 0.3 is 0 Å². The highest BCUT2D eigenvalue weighted by Gasteiger charge is 2.41. The van der Waals surface area contributed by atoms with E-state index in [2.05, 4.69) is 18.7 Å². The zero-order valence-corrected chi connectivity index (χ0v) is 8.21. The Kier molecular flexibility index (Phi) is 1.92. The summed E-state index contributed by atoms with van der Waals surface area (Å²) in [5.41, 5.74) is 6.40. The van der Waals surface area contributed by atoms with Crippen LogP contribution in [-0.2, 0) is 0 Å². The molecule has 2 heteroatoms. The number of nitrogens with zero attached hydrogens (tertiary/aromatic N) is 1. The number of rotatable bonds is 0. The van der Waals surface area contributed by atoms with Crippen LogP contribution < -0.4 is 5.73 Å². The van der Waals surface area contributed by atoms with Crippen LogP contribution in [0.2, 0.25) is 0 Å². The van der Waals surface area contributed by atoms with E-state index in [0.717, 1.165) is 6.04 Å². The van der Waals surface area contributed by atoms with E-state index in [4.69, 9.17) is 5.73 Å². The summed E-state index contributed by atoms with van der Waals surface area (Å²) in [4.78, 5) is 2.66. The molecule has 0 spiro atoms. The summed E-state index contributed by atoms with van der Waals surface area (Å²) in [6.45, 7) is 5.97. The summed E-state index contributed by atoms with van der Waals surface area (Å²) in [5.74, 6) is 0. The molecule has 2 rings (SSSR count). The van der Waals surface area contributed by atoms with Gasteiger partial charge in [-0.1, -0.05) is 0 Å². The Morgan fingerprint density at radius 3 is 2.92 bits per heavy atom. The molecule has 0 aromatic carbocycles. The van der Waals surface area contributed by atoms with Crippen LogP contribution in [0.25, 0.3) is 0 Å². The average molecular weight is 168 g/mol. The van der Waals surface area contributed by atoms with Crippen LogP contribution in [-0.4, -0.2) is 29.1 Å². The highest BCUT2D eigenvalue weighted by molar-refractivity contribution is 4.98. The van der Waals surface area contributed by atoms with Crippen LogP contribution in [0.3, 0.4) is 0 Å². The van der Waals surface area contributed by atoms with Gasteiger partial charge in [-0.05, 0) is 46.1 Å². The van der Waals surface area contributed by atoms with E-state index in [0.29, 0.717) is 11.6 Å². The van der Waals surface area contributed by atoms with Crippen molar-refractivity contribution < 1.29 is 0 Å². The maximum atomic E-state index is 6.04. The van der Waals surface area contributed by atoms with E-state index >= 15 is 0 Å². The molecule has 2 fully saturated rings. The number of nitrogens with two attached hydrogens (primary N) is 1. The third kappa shape index (κ3) is 1.27. The molecule has 2 nitrogen and oxygen atoms in total. The van der Waals surface area contributed by atoms with Gasteiger partial charge in [0.2, 0.25) is 0 Å². The van der Waals surface area contributed by atoms with Gasteiger partial charge in [0, 0.05) is 17.6 Å². The molecule has 0 saturated carbocycles. The maximum Gasteiger partial charge on any atom is 0.0170 e. The Hall–Kier alpha value is -0.0800. The molecule has 2 aliphatic rings. The molecule has 0 radical (unpaired) electrons. The zero-order valence-electron chi connectivity index (χ0n) is 8.21. The van der Waals surface area contributed by atoms with Gasteiger partial charge < -0.3 is 5.73 Å². The highest BCUT2D eigenvalue weighted by atomic mass is 15.2. The molecular formula is C10H20N2. The minimum absolute atomic E-state index is 0.360. The largest absolute Gasteiger partial charge is 0.328 e. The fraction of sp³-hybridized carbons (Fsp3) is 1.00. The van der Waals surface area contributed by atoms with Crippen molar-refractivity contribution in [2.75, 3.05) is 6.54 Å². The van der Waals surface area contributed by atoms with Crippen molar-refractivity contribution in [3.63, 3.8) is 0 Å². The van der Waals surface area contributed by atoms with Gasteiger partial charge in [-0.15, -0.1) is 0 Å². The molecule has 0 amide bonds. The molecule has 2 aliphatic heterocycles. The topological polar surface area (TPSA) is 29.3 Å². The zero-order chi connectivity index (χ0) is 8.77. The van der Waals surface area contributed by atoms with Crippen LogP contribution in [0.4, 0.5) is 0 Å². The number of hydrogen-bond acceptors (Lipinski definition) is 2. The lowest BCUT2D eigenvalue weighted by Crippen LogP contribution is -2.55. The SMILES string of the molecule is CC1(C)C[C@@H](N)C[C@H]2CCCN21. The molecule has 2 heterocycles. The molecule has 0 aliphatic carbocycles. The molecule has 2 saturated heterocycles. The fourth-order valence-electron chi connectivity index (χ4n) is 3.07. The Morgan fingerprint density at radius 2 is 2.17 bits per heavy atom. The van der Waals surface area contributed by atoms with Gasteiger partial charge in [0.25, 0.3) is 0 Å². The lowest BCUT2D eigenvalue weighted by atomic mass is 9.84. The van der Waals surface area contributed by atoms with E-state index in [1.54, 1.807) is 0 Å². The van der Waals surface area contributed by atoms with Crippen LogP contribution in [0, 0.1) is 0 Å². The summed E-state index contributed by atoms with van der Waals surface area (Å²) in [6, 6.07) is 1.24. The van der Waals surface area contributed by atoms with Gasteiger partial charge in [0.15, 0.2) is 0 Å². The molecule has 2 atom stereocenters. The normalized spacial score (nSPS) is 41.2. The van der Waals surface area contributed by atoms with Gasteiger partial charge in [-0.3, -0.25) is 4.90 Å². The standard InChI is InChI=1S/C10H20N2/c1-10(2)7-8(11)6-9-4-3-5-12(9)10/h8-9H,3-7,11H2,1-2H3/t8-,9+/m0/s1. The first-order chi connectivity index (χ1) is 5.59. The molecule has 70 valence electrons. The average Bonchev–Trinajstić information content (AvgIpc) is 2.32. The highest BCUT2D eigenvalue weighted by Crippen LogP contribution is 2.36. The minimum Gasteiger partial charge on any atom is -0.328 e. The van der Waals surface area contributed by atoms with E-state index < -0.39 is 0 Å². The lowest BCUT2D eigenvalue weighted by Gasteiger charge is -2.46. The van der Waals surface area contributed by atoms with Crippen molar-refractivity contribution in [2.45, 2.75) is 57.2 Å². The van der Waals surface area contributed by atoms with Crippen molar-refractivity contribution in [2.24, 2.45) is 5.73 Å². The summed E-state index contributed by atoms with van der Waals surface area (Å²) in [5, 5.41) is 0. The quantitative estimate of drug-likeness (QED) is 0.591. The number of fused-ring (bicyclic) bond motifs is 1. The predicted octanol–water partition coefficient (Wildman–Crippen LogP) is 1.35. The Labute approximate surface area is 75.1 Å². The number of piperidine rings is 1. The molecule has 12 heavy (non-hydrogen) atoms. The van der Waals surface area contributed by atoms with E-state index in [9.17, 15) is 0 Å². The van der Waals surface area contributed by atoms with Crippen molar-refractivity contribution in [3.8, 4) is 0 Å². The van der Waals surface area contributed by atoms with Crippen molar-refractivity contribution >= 4 is 0 Å². The van der Waals surface area contributed by atoms with Crippen molar-refractivity contribution in [1.82, 2.24) is 4.90 Å². The maximum absolute atomic E-state index is 6.04. The third-order valence-electron chi connectivity index (χ3n) is 3.49. The van der Waals surface area contributed by atoms with E-state index in [1.807, 2.05) is 0 Å². The summed E-state index contributed by atoms with van der Waals surface area (Å²) in [6.07, 6.45) is 5.14.